The number of hydrogen-bond donors (Lipinski definition) is 1. The third-order valence-electron chi connectivity index (χ3n) is 6.44. The van der Waals surface area contributed by atoms with Gasteiger partial charge < -0.3 is 24.9 Å². The van der Waals surface area contributed by atoms with Crippen LogP contribution in [0.2, 0.25) is 0 Å². The number of amides is 3. The van der Waals surface area contributed by atoms with E-state index in [1.807, 2.05) is 40.1 Å². The summed E-state index contributed by atoms with van der Waals surface area (Å²) in [7, 11) is 3.61. The van der Waals surface area contributed by atoms with E-state index in [2.05, 4.69) is 5.32 Å². The number of halogens is 1. The molecule has 0 atom stereocenters. The van der Waals surface area contributed by atoms with E-state index in [9.17, 15) is 24.0 Å². The SMILES string of the molecule is CN1C(=C(C#N)C(=O)CCC(=O)N2CCN(C(=O)Nc3ccc(F)cc3)CC2)N(C)c2ccccc21. The minimum absolute atomic E-state index is 0.0144. The normalized spacial score (nSPS) is 14.9. The molecule has 186 valence electrons. The van der Waals surface area contributed by atoms with Gasteiger partial charge in [-0.25, -0.2) is 9.18 Å². The van der Waals surface area contributed by atoms with Crippen LogP contribution in [0.15, 0.2) is 59.9 Å². The Morgan fingerprint density at radius 3 is 2.00 bits per heavy atom. The predicted octanol–water partition coefficient (Wildman–Crippen LogP) is 3.17. The maximum absolute atomic E-state index is 13.0. The van der Waals surface area contributed by atoms with Crippen LogP contribution in [0.4, 0.5) is 26.2 Å². The molecule has 1 N–H and O–H groups in total. The number of nitriles is 1. The van der Waals surface area contributed by atoms with E-state index >= 15 is 0 Å². The highest BCUT2D eigenvalue weighted by molar-refractivity contribution is 6.03. The van der Waals surface area contributed by atoms with Gasteiger partial charge in [0, 0.05) is 58.8 Å². The van der Waals surface area contributed by atoms with Gasteiger partial charge in [-0.3, -0.25) is 9.59 Å². The molecule has 2 aliphatic rings. The number of benzene rings is 2. The van der Waals surface area contributed by atoms with Crippen molar-refractivity contribution in [2.24, 2.45) is 0 Å². The van der Waals surface area contributed by atoms with Crippen molar-refractivity contribution in [3.05, 3.63) is 65.7 Å². The summed E-state index contributed by atoms with van der Waals surface area (Å²) in [5, 5.41) is 12.5. The lowest BCUT2D eigenvalue weighted by Gasteiger charge is -2.34. The van der Waals surface area contributed by atoms with Gasteiger partial charge in [0.1, 0.15) is 23.3 Å². The third kappa shape index (κ3) is 5.00. The van der Waals surface area contributed by atoms with Crippen molar-refractivity contribution in [2.45, 2.75) is 12.8 Å². The first-order chi connectivity index (χ1) is 17.3. The second-order valence-corrected chi connectivity index (χ2v) is 8.65. The summed E-state index contributed by atoms with van der Waals surface area (Å²) in [6.07, 6.45) is -0.0893. The van der Waals surface area contributed by atoms with E-state index in [4.69, 9.17) is 0 Å². The molecule has 0 radical (unpaired) electrons. The molecule has 1 saturated heterocycles. The zero-order chi connectivity index (χ0) is 25.8. The van der Waals surface area contributed by atoms with E-state index in [1.165, 1.54) is 24.3 Å². The number of anilines is 3. The number of fused-ring (bicyclic) bond motifs is 1. The molecule has 0 aliphatic carbocycles. The zero-order valence-corrected chi connectivity index (χ0v) is 20.2. The van der Waals surface area contributed by atoms with Crippen molar-refractivity contribution in [2.75, 3.05) is 55.4 Å². The van der Waals surface area contributed by atoms with Crippen LogP contribution in [0.1, 0.15) is 12.8 Å². The van der Waals surface area contributed by atoms with Crippen LogP contribution in [0, 0.1) is 17.1 Å². The number of carbonyl (C=O) groups is 3. The van der Waals surface area contributed by atoms with Crippen molar-refractivity contribution >= 4 is 34.8 Å². The molecular weight excluding hydrogens is 463 g/mol. The summed E-state index contributed by atoms with van der Waals surface area (Å²) in [6.45, 7) is 1.37. The Bertz CT molecular complexity index is 1210. The quantitative estimate of drug-likeness (QED) is 0.511. The van der Waals surface area contributed by atoms with Gasteiger partial charge in [0.25, 0.3) is 0 Å². The summed E-state index contributed by atoms with van der Waals surface area (Å²) < 4.78 is 13.0. The number of rotatable bonds is 5. The molecule has 2 aliphatic heterocycles. The minimum Gasteiger partial charge on any atom is -0.339 e. The van der Waals surface area contributed by atoms with Crippen molar-refractivity contribution in [1.82, 2.24) is 9.80 Å². The molecule has 0 saturated carbocycles. The standard InChI is InChI=1S/C26H27FN6O3/c1-30-21-5-3-4-6-22(21)31(2)25(30)20(17-28)23(34)11-12-24(35)32-13-15-33(16-14-32)26(36)29-19-9-7-18(27)8-10-19/h3-10H,11-16H2,1-2H3,(H,29,36). The molecule has 2 aromatic rings. The summed E-state index contributed by atoms with van der Waals surface area (Å²) in [4.78, 5) is 44.9. The first kappa shape index (κ1) is 24.7. The number of ketones is 1. The minimum atomic E-state index is -0.385. The molecule has 9 nitrogen and oxygen atoms in total. The van der Waals surface area contributed by atoms with Crippen molar-refractivity contribution in [3.8, 4) is 6.07 Å². The monoisotopic (exact) mass is 490 g/mol. The van der Waals surface area contributed by atoms with E-state index < -0.39 is 0 Å². The number of hydrogen-bond acceptors (Lipinski definition) is 6. The van der Waals surface area contributed by atoms with Gasteiger partial charge in [-0.2, -0.15) is 5.26 Å². The van der Waals surface area contributed by atoms with Gasteiger partial charge >= 0.3 is 6.03 Å². The predicted molar refractivity (Wildman–Crippen MR) is 134 cm³/mol. The summed E-state index contributed by atoms with van der Waals surface area (Å²) in [5.41, 5.74) is 2.30. The topological polar surface area (TPSA) is 100.0 Å². The first-order valence-corrected chi connectivity index (χ1v) is 11.6. The highest BCUT2D eigenvalue weighted by Crippen LogP contribution is 2.40. The molecule has 4 rings (SSSR count). The number of nitrogens with one attached hydrogen (secondary N) is 1. The average molecular weight is 491 g/mol. The lowest BCUT2D eigenvalue weighted by atomic mass is 10.1. The fourth-order valence-corrected chi connectivity index (χ4v) is 4.46. The molecule has 3 amide bonds. The van der Waals surface area contributed by atoms with Crippen LogP contribution < -0.4 is 15.1 Å². The van der Waals surface area contributed by atoms with Crippen LogP contribution in [-0.4, -0.2) is 67.8 Å². The Morgan fingerprint density at radius 2 is 1.44 bits per heavy atom. The Kier molecular flexibility index (Phi) is 7.20. The fraction of sp³-hybridized carbons (Fsp3) is 0.308. The highest BCUT2D eigenvalue weighted by Gasteiger charge is 2.32. The van der Waals surface area contributed by atoms with Gasteiger partial charge in [0.2, 0.25) is 5.91 Å². The van der Waals surface area contributed by atoms with Crippen molar-refractivity contribution in [1.29, 1.82) is 5.26 Å². The molecule has 0 aromatic heterocycles. The first-order valence-electron chi connectivity index (χ1n) is 11.6. The Hall–Kier alpha value is -4.39. The number of Topliss-reactive ketones (excluding diaryl/α,β-unsaturated/α-hetero) is 1. The number of carbonyl (C=O) groups excluding carboxylic acids is 3. The highest BCUT2D eigenvalue weighted by atomic mass is 19.1. The Morgan fingerprint density at radius 1 is 0.889 bits per heavy atom. The molecular formula is C26H27FN6O3. The Labute approximate surface area is 209 Å². The number of urea groups is 1. The maximum Gasteiger partial charge on any atom is 0.321 e. The van der Waals surface area contributed by atoms with Crippen LogP contribution in [-0.2, 0) is 9.59 Å². The molecule has 36 heavy (non-hydrogen) atoms. The maximum atomic E-state index is 13.0. The number of nitrogens with zero attached hydrogens (tertiary/aromatic N) is 5. The molecule has 1 fully saturated rings. The number of allylic oxidation sites excluding steroid dienone is 1. The summed E-state index contributed by atoms with van der Waals surface area (Å²) in [6, 6.07) is 14.8. The lowest BCUT2D eigenvalue weighted by molar-refractivity contribution is -0.134. The van der Waals surface area contributed by atoms with Crippen molar-refractivity contribution in [3.63, 3.8) is 0 Å². The van der Waals surface area contributed by atoms with E-state index in [1.54, 1.807) is 23.9 Å². The van der Waals surface area contributed by atoms with Gasteiger partial charge in [-0.15, -0.1) is 0 Å². The van der Waals surface area contributed by atoms with Gasteiger partial charge in [0.05, 0.1) is 11.4 Å². The van der Waals surface area contributed by atoms with Crippen LogP contribution in [0.3, 0.4) is 0 Å². The zero-order valence-electron chi connectivity index (χ0n) is 20.2. The van der Waals surface area contributed by atoms with Crippen LogP contribution in [0.5, 0.6) is 0 Å². The second kappa shape index (κ2) is 10.5. The largest absolute Gasteiger partial charge is 0.339 e. The Balaban J connectivity index is 1.30. The van der Waals surface area contributed by atoms with Crippen LogP contribution >= 0.6 is 0 Å². The van der Waals surface area contributed by atoms with Gasteiger partial charge in [-0.05, 0) is 36.4 Å². The van der Waals surface area contributed by atoms with E-state index in [0.29, 0.717) is 37.7 Å². The average Bonchev–Trinajstić information content (AvgIpc) is 3.14. The molecule has 2 heterocycles. The van der Waals surface area contributed by atoms with Gasteiger partial charge in [-0.1, -0.05) is 12.1 Å². The van der Waals surface area contributed by atoms with Crippen LogP contribution in [0.25, 0.3) is 0 Å². The number of para-hydroxylation sites is 2. The fourth-order valence-electron chi connectivity index (χ4n) is 4.46. The van der Waals surface area contributed by atoms with E-state index in [-0.39, 0.29) is 42.0 Å². The number of piperazine rings is 1. The molecule has 10 heteroatoms. The second-order valence-electron chi connectivity index (χ2n) is 8.65. The molecule has 0 unspecified atom stereocenters. The smallest absolute Gasteiger partial charge is 0.321 e. The molecule has 0 spiro atoms. The van der Waals surface area contributed by atoms with Crippen molar-refractivity contribution < 1.29 is 18.8 Å². The van der Waals surface area contributed by atoms with E-state index in [0.717, 1.165) is 11.4 Å². The molecule has 0 bridgehead atoms. The summed E-state index contributed by atoms with van der Waals surface area (Å²) >= 11 is 0. The third-order valence-corrected chi connectivity index (χ3v) is 6.44. The lowest BCUT2D eigenvalue weighted by Crippen LogP contribution is -2.51. The summed E-state index contributed by atoms with van der Waals surface area (Å²) in [5.74, 6) is -0.466. The van der Waals surface area contributed by atoms with Gasteiger partial charge in [0.15, 0.2) is 5.78 Å². The molecule has 2 aromatic carbocycles.